The maximum Gasteiger partial charge on any atom is 0.258 e. The normalized spacial score (nSPS) is 11.6. The van der Waals surface area contributed by atoms with Crippen LogP contribution in [0.1, 0.15) is 0 Å². The molecular formula is C16H13N2O3S. The number of carbonyl (C=O) groups is 1. The molecule has 0 aromatic heterocycles. The van der Waals surface area contributed by atoms with Crippen molar-refractivity contribution in [2.24, 2.45) is 0 Å². The summed E-state index contributed by atoms with van der Waals surface area (Å²) in [6.07, 6.45) is 1.60. The predicted molar refractivity (Wildman–Crippen MR) is 84.5 cm³/mol. The fraction of sp³-hybridized carbons (Fsp3) is 0.125. The van der Waals surface area contributed by atoms with Gasteiger partial charge in [-0.15, -0.1) is 0 Å². The lowest BCUT2D eigenvalue weighted by atomic mass is 10.2. The van der Waals surface area contributed by atoms with Gasteiger partial charge < -0.3 is 15.4 Å². The van der Waals surface area contributed by atoms with E-state index in [1.165, 1.54) is 4.90 Å². The van der Waals surface area contributed by atoms with Crippen molar-refractivity contribution in [1.29, 1.82) is 0 Å². The van der Waals surface area contributed by atoms with Crippen LogP contribution >= 0.6 is 11.8 Å². The third kappa shape index (κ3) is 3.23. The minimum Gasteiger partial charge on any atom is -0.484 e. The first kappa shape index (κ1) is 14.5. The van der Waals surface area contributed by atoms with E-state index in [9.17, 15) is 9.59 Å². The van der Waals surface area contributed by atoms with E-state index in [0.29, 0.717) is 5.75 Å². The molecule has 0 aliphatic carbocycles. The zero-order valence-electron chi connectivity index (χ0n) is 11.6. The molecule has 22 heavy (non-hydrogen) atoms. The van der Waals surface area contributed by atoms with Crippen molar-refractivity contribution < 1.29 is 14.3 Å². The van der Waals surface area contributed by atoms with E-state index in [0.717, 1.165) is 16.3 Å². The van der Waals surface area contributed by atoms with E-state index in [1.807, 2.05) is 36.4 Å². The number of hydrogen-bond donors (Lipinski definition) is 2. The van der Waals surface area contributed by atoms with Crippen molar-refractivity contribution in [2.45, 2.75) is 9.79 Å². The number of rotatable bonds is 5. The van der Waals surface area contributed by atoms with E-state index in [-0.39, 0.29) is 19.1 Å². The Hall–Kier alpha value is -2.47. The Morgan fingerprint density at radius 3 is 2.86 bits per heavy atom. The molecule has 2 aromatic carbocycles. The molecule has 0 atom stereocenters. The number of benzene rings is 2. The number of para-hydroxylation sites is 1. The highest BCUT2D eigenvalue weighted by atomic mass is 32.2. The fourth-order valence-electron chi connectivity index (χ4n) is 2.04. The van der Waals surface area contributed by atoms with Gasteiger partial charge in [0.05, 0.1) is 17.9 Å². The van der Waals surface area contributed by atoms with E-state index in [4.69, 9.17) is 4.74 Å². The second-order valence-electron chi connectivity index (χ2n) is 4.59. The van der Waals surface area contributed by atoms with Crippen molar-refractivity contribution in [3.8, 4) is 5.75 Å². The topological polar surface area (TPSA) is 67.4 Å². The highest BCUT2D eigenvalue weighted by molar-refractivity contribution is 7.99. The number of fused-ring (bicyclic) bond motifs is 2. The summed E-state index contributed by atoms with van der Waals surface area (Å²) in [6, 6.07) is 13.7. The van der Waals surface area contributed by atoms with Gasteiger partial charge in [0.2, 0.25) is 6.29 Å². The highest BCUT2D eigenvalue weighted by Gasteiger charge is 2.15. The molecule has 5 nitrogen and oxygen atoms in total. The molecule has 0 bridgehead atoms. The van der Waals surface area contributed by atoms with Crippen LogP contribution < -0.4 is 15.4 Å². The second kappa shape index (κ2) is 6.53. The van der Waals surface area contributed by atoms with Crippen LogP contribution in [0.5, 0.6) is 5.75 Å². The number of hydrogen-bond acceptors (Lipinski definition) is 5. The molecular weight excluding hydrogens is 300 g/mol. The summed E-state index contributed by atoms with van der Waals surface area (Å²) in [5.74, 6) is 0.241. The smallest absolute Gasteiger partial charge is 0.258 e. The first-order chi connectivity index (χ1) is 10.8. The van der Waals surface area contributed by atoms with Crippen LogP contribution in [0.3, 0.4) is 0 Å². The summed E-state index contributed by atoms with van der Waals surface area (Å²) in [4.78, 5) is 23.7. The van der Waals surface area contributed by atoms with Gasteiger partial charge in [-0.25, -0.2) is 0 Å². The molecule has 0 spiro atoms. The molecule has 1 radical (unpaired) electrons. The van der Waals surface area contributed by atoms with Gasteiger partial charge in [0.25, 0.3) is 5.91 Å². The summed E-state index contributed by atoms with van der Waals surface area (Å²) in [6.45, 7) is -0.258. The summed E-state index contributed by atoms with van der Waals surface area (Å²) >= 11 is 1.69. The van der Waals surface area contributed by atoms with Crippen LogP contribution in [0.15, 0.2) is 52.3 Å². The van der Waals surface area contributed by atoms with Crippen LogP contribution in [-0.4, -0.2) is 25.3 Å². The zero-order valence-corrected chi connectivity index (χ0v) is 12.4. The van der Waals surface area contributed by atoms with Gasteiger partial charge in [-0.1, -0.05) is 23.9 Å². The third-order valence-corrected chi connectivity index (χ3v) is 4.21. The van der Waals surface area contributed by atoms with Crippen LogP contribution in [-0.2, 0) is 9.59 Å². The SMILES string of the molecule is O=[C]CNC(=O)COc1ccc2c(c1)Nc1ccccc1S2. The van der Waals surface area contributed by atoms with Crippen LogP contribution in [0, 0.1) is 0 Å². The van der Waals surface area contributed by atoms with Gasteiger partial charge in [0.1, 0.15) is 5.75 Å². The number of anilines is 2. The molecule has 6 heteroatoms. The first-order valence-electron chi connectivity index (χ1n) is 6.69. The maximum atomic E-state index is 11.4. The highest BCUT2D eigenvalue weighted by Crippen LogP contribution is 2.44. The lowest BCUT2D eigenvalue weighted by Crippen LogP contribution is -2.30. The Labute approximate surface area is 132 Å². The van der Waals surface area contributed by atoms with Crippen molar-refractivity contribution in [3.63, 3.8) is 0 Å². The molecule has 1 aliphatic heterocycles. The Balaban J connectivity index is 1.68. The molecule has 0 unspecified atom stereocenters. The monoisotopic (exact) mass is 313 g/mol. The Morgan fingerprint density at radius 1 is 1.18 bits per heavy atom. The predicted octanol–water partition coefficient (Wildman–Crippen LogP) is 2.50. The molecule has 111 valence electrons. The number of ether oxygens (including phenoxy) is 1. The van der Waals surface area contributed by atoms with Crippen molar-refractivity contribution >= 4 is 35.3 Å². The molecule has 3 rings (SSSR count). The largest absolute Gasteiger partial charge is 0.484 e. The molecule has 0 saturated carbocycles. The van der Waals surface area contributed by atoms with Crippen molar-refractivity contribution in [1.82, 2.24) is 5.32 Å². The van der Waals surface area contributed by atoms with Crippen molar-refractivity contribution in [2.75, 3.05) is 18.5 Å². The summed E-state index contributed by atoms with van der Waals surface area (Å²) in [5.41, 5.74) is 2.00. The first-order valence-corrected chi connectivity index (χ1v) is 7.50. The van der Waals surface area contributed by atoms with Crippen LogP contribution in [0.25, 0.3) is 0 Å². The lowest BCUT2D eigenvalue weighted by molar-refractivity contribution is -0.122. The van der Waals surface area contributed by atoms with E-state index in [1.54, 1.807) is 18.0 Å². The van der Waals surface area contributed by atoms with Gasteiger partial charge in [0.15, 0.2) is 6.61 Å². The van der Waals surface area contributed by atoms with Crippen LogP contribution in [0.2, 0.25) is 0 Å². The summed E-state index contributed by atoms with van der Waals surface area (Å²) < 4.78 is 5.43. The molecule has 0 fully saturated rings. The van der Waals surface area contributed by atoms with Gasteiger partial charge >= 0.3 is 0 Å². The Kier molecular flexibility index (Phi) is 4.29. The van der Waals surface area contributed by atoms with Gasteiger partial charge in [-0.05, 0) is 24.3 Å². The number of amides is 1. The van der Waals surface area contributed by atoms with Gasteiger partial charge in [-0.2, -0.15) is 0 Å². The average Bonchev–Trinajstić information content (AvgIpc) is 2.56. The average molecular weight is 313 g/mol. The van der Waals surface area contributed by atoms with Gasteiger partial charge in [-0.3, -0.25) is 9.59 Å². The molecule has 1 amide bonds. The molecule has 0 saturated heterocycles. The third-order valence-electron chi connectivity index (χ3n) is 3.05. The van der Waals surface area contributed by atoms with Gasteiger partial charge in [0, 0.05) is 15.9 Å². The Morgan fingerprint density at radius 2 is 2.00 bits per heavy atom. The van der Waals surface area contributed by atoms with E-state index < -0.39 is 0 Å². The molecule has 1 heterocycles. The second-order valence-corrected chi connectivity index (χ2v) is 5.67. The molecule has 2 N–H and O–H groups in total. The Bertz CT molecular complexity index is 718. The quantitative estimate of drug-likeness (QED) is 0.757. The summed E-state index contributed by atoms with van der Waals surface area (Å²) in [7, 11) is 0. The van der Waals surface area contributed by atoms with E-state index in [2.05, 4.69) is 16.7 Å². The minimum absolute atomic E-state index is 0.124. The fourth-order valence-corrected chi connectivity index (χ4v) is 3.01. The standard InChI is InChI=1S/C16H13N2O3S/c19-8-7-17-16(20)10-21-11-5-6-15-13(9-11)18-12-3-1-2-4-14(12)22-15/h1-6,9,18H,7,10H2,(H,17,20). The number of carbonyl (C=O) groups excluding carboxylic acids is 2. The molecule has 1 aliphatic rings. The maximum absolute atomic E-state index is 11.4. The summed E-state index contributed by atoms with van der Waals surface area (Å²) in [5, 5.41) is 5.72. The van der Waals surface area contributed by atoms with Crippen LogP contribution in [0.4, 0.5) is 11.4 Å². The molecule has 2 aromatic rings. The number of nitrogens with one attached hydrogen (secondary N) is 2. The lowest BCUT2D eigenvalue weighted by Gasteiger charge is -2.21. The van der Waals surface area contributed by atoms with E-state index >= 15 is 0 Å². The minimum atomic E-state index is -0.353. The van der Waals surface area contributed by atoms with Crippen molar-refractivity contribution in [3.05, 3.63) is 42.5 Å². The zero-order chi connectivity index (χ0) is 15.4.